The molecule has 0 amide bonds. The molecule has 0 saturated carbocycles. The molecule has 0 aliphatic rings. The highest BCUT2D eigenvalue weighted by molar-refractivity contribution is 7.22. The topological polar surface area (TPSA) is 9.86 Å². The summed E-state index contributed by atoms with van der Waals surface area (Å²) in [5.41, 5.74) is 9.40. The second kappa shape index (κ2) is 18.9. The summed E-state index contributed by atoms with van der Waals surface area (Å²) in [5.74, 6) is 0. The van der Waals surface area contributed by atoms with Gasteiger partial charge in [0.1, 0.15) is 0 Å². The van der Waals surface area contributed by atoms with Crippen LogP contribution in [0.1, 0.15) is 0 Å². The number of fused-ring (bicyclic) bond motifs is 6. The molecule has 2 aromatic heterocycles. The van der Waals surface area contributed by atoms with Crippen LogP contribution in [0.4, 0.5) is 0 Å². The standard InChI is InChI=1S/C72H52N2Si2/c1-7-28-54(29-8-1)75(55-30-9-2-10-31-55,56-32-11-3-12-33-56)60-50-53(51-61(52-60)76(57-34-13-4-14-35-57,58-36-15-5-16-37-58)59-38-17-6-18-39-59)73-70-48-26-22-43-66(70)72-65(44-27-49-71(72)73)64-42-21-25-47-69(64)74-67-45-23-19-40-62(67)63-41-20-24-46-68(63)74/h1-52H. The SMILES string of the molecule is c1ccc([Si](c2ccccc2)(c2ccccc2)c2cc(-n3c4ccccc4c4c(-c5ccccc5-n5c6ccccc6c6ccccc65)cccc43)cc([Si](c3ccccc3)(c3ccccc3)c3ccccc3)c2)cc1. The lowest BCUT2D eigenvalue weighted by Gasteiger charge is -2.38. The van der Waals surface area contributed by atoms with E-state index in [4.69, 9.17) is 0 Å². The van der Waals surface area contributed by atoms with Gasteiger partial charge in [0.15, 0.2) is 16.1 Å². The van der Waals surface area contributed by atoms with Crippen LogP contribution in [-0.2, 0) is 0 Å². The van der Waals surface area contributed by atoms with Gasteiger partial charge < -0.3 is 9.13 Å². The van der Waals surface area contributed by atoms with Crippen molar-refractivity contribution >= 4 is 101 Å². The van der Waals surface area contributed by atoms with E-state index < -0.39 is 16.1 Å². The third-order valence-corrected chi connectivity index (χ3v) is 25.5. The first-order valence-electron chi connectivity index (χ1n) is 26.3. The van der Waals surface area contributed by atoms with E-state index in [9.17, 15) is 0 Å². The molecule has 0 aliphatic heterocycles. The Bertz CT molecular complexity index is 3990. The normalized spacial score (nSPS) is 11.9. The van der Waals surface area contributed by atoms with Gasteiger partial charge in [-0.25, -0.2) is 0 Å². The monoisotopic (exact) mass is 1000 g/mol. The smallest absolute Gasteiger partial charge is 0.179 e. The van der Waals surface area contributed by atoms with Crippen LogP contribution in [0, 0.1) is 0 Å². The maximum absolute atomic E-state index is 3.13. The van der Waals surface area contributed by atoms with E-state index in [0.717, 1.165) is 16.9 Å². The molecule has 76 heavy (non-hydrogen) atoms. The number of rotatable bonds is 11. The number of aromatic nitrogens is 2. The molecule has 14 aromatic rings. The zero-order chi connectivity index (χ0) is 50.5. The van der Waals surface area contributed by atoms with E-state index in [1.807, 2.05) is 0 Å². The van der Waals surface area contributed by atoms with Crippen molar-refractivity contribution in [1.29, 1.82) is 0 Å². The van der Waals surface area contributed by atoms with E-state index in [0.29, 0.717) is 0 Å². The van der Waals surface area contributed by atoms with Crippen molar-refractivity contribution in [3.63, 3.8) is 0 Å². The Kier molecular flexibility index (Phi) is 11.2. The summed E-state index contributed by atoms with van der Waals surface area (Å²) in [6.45, 7) is 0. The van der Waals surface area contributed by atoms with Crippen LogP contribution in [0.5, 0.6) is 0 Å². The predicted molar refractivity (Wildman–Crippen MR) is 328 cm³/mol. The molecule has 0 bridgehead atoms. The highest BCUT2D eigenvalue weighted by Crippen LogP contribution is 2.42. The Morgan fingerprint density at radius 1 is 0.211 bits per heavy atom. The van der Waals surface area contributed by atoms with E-state index in [2.05, 4.69) is 325 Å². The molecule has 12 aromatic carbocycles. The lowest BCUT2D eigenvalue weighted by molar-refractivity contribution is 1.18. The summed E-state index contributed by atoms with van der Waals surface area (Å²) in [6.07, 6.45) is 0. The Morgan fingerprint density at radius 2 is 0.526 bits per heavy atom. The van der Waals surface area contributed by atoms with Gasteiger partial charge in [-0.15, -0.1) is 0 Å². The average Bonchev–Trinajstić information content (AvgIpc) is 4.18. The fraction of sp³-hybridized carbons (Fsp3) is 0. The van der Waals surface area contributed by atoms with Gasteiger partial charge in [-0.1, -0.05) is 273 Å². The fourth-order valence-electron chi connectivity index (χ4n) is 12.9. The van der Waals surface area contributed by atoms with Crippen molar-refractivity contribution in [2.75, 3.05) is 0 Å². The second-order valence-electron chi connectivity index (χ2n) is 19.9. The molecule has 14 rings (SSSR count). The van der Waals surface area contributed by atoms with Crippen molar-refractivity contribution < 1.29 is 0 Å². The van der Waals surface area contributed by atoms with E-state index in [1.165, 1.54) is 90.7 Å². The number of hydrogen-bond donors (Lipinski definition) is 0. The Hall–Kier alpha value is -9.33. The predicted octanol–water partition coefficient (Wildman–Crippen LogP) is 12.3. The minimum Gasteiger partial charge on any atom is -0.309 e. The first kappa shape index (κ1) is 45.3. The minimum absolute atomic E-state index is 1.14. The number of para-hydroxylation sites is 4. The lowest BCUT2D eigenvalue weighted by atomic mass is 9.97. The molecule has 0 atom stereocenters. The van der Waals surface area contributed by atoms with Gasteiger partial charge in [0.05, 0.1) is 27.8 Å². The Morgan fingerprint density at radius 3 is 0.947 bits per heavy atom. The zero-order valence-electron chi connectivity index (χ0n) is 41.9. The van der Waals surface area contributed by atoms with Gasteiger partial charge in [-0.05, 0) is 89.5 Å². The first-order valence-corrected chi connectivity index (χ1v) is 30.3. The van der Waals surface area contributed by atoms with Gasteiger partial charge in [0.2, 0.25) is 0 Å². The molecule has 0 aliphatic carbocycles. The van der Waals surface area contributed by atoms with Crippen molar-refractivity contribution in [2.24, 2.45) is 0 Å². The summed E-state index contributed by atoms with van der Waals surface area (Å²) < 4.78 is 5.06. The highest BCUT2D eigenvalue weighted by Gasteiger charge is 2.46. The summed E-state index contributed by atoms with van der Waals surface area (Å²) in [6, 6.07) is 119. The number of benzene rings is 12. The molecule has 0 fully saturated rings. The third-order valence-electron chi connectivity index (χ3n) is 16.0. The maximum atomic E-state index is 2.66. The van der Waals surface area contributed by atoms with Crippen molar-refractivity contribution in [2.45, 2.75) is 0 Å². The molecular formula is C72H52N2Si2. The molecule has 2 heterocycles. The van der Waals surface area contributed by atoms with E-state index >= 15 is 0 Å². The average molecular weight is 1000 g/mol. The first-order chi connectivity index (χ1) is 37.7. The lowest BCUT2D eigenvalue weighted by Crippen LogP contribution is -2.78. The van der Waals surface area contributed by atoms with Gasteiger partial charge in [0.25, 0.3) is 0 Å². The molecule has 4 heteroatoms. The molecule has 0 radical (unpaired) electrons. The van der Waals surface area contributed by atoms with E-state index in [-0.39, 0.29) is 0 Å². The third kappa shape index (κ3) is 7.06. The summed E-state index contributed by atoms with van der Waals surface area (Å²) >= 11 is 0. The van der Waals surface area contributed by atoms with E-state index in [1.54, 1.807) is 0 Å². The van der Waals surface area contributed by atoms with Crippen molar-refractivity contribution in [3.05, 3.63) is 315 Å². The van der Waals surface area contributed by atoms with Crippen molar-refractivity contribution in [1.82, 2.24) is 9.13 Å². The minimum atomic E-state index is -3.13. The summed E-state index contributed by atoms with van der Waals surface area (Å²) in [5, 5.41) is 15.7. The quantitative estimate of drug-likeness (QED) is 0.0903. The molecular weight excluding hydrogens is 949 g/mol. The van der Waals surface area contributed by atoms with Gasteiger partial charge in [0, 0.05) is 32.8 Å². The molecule has 0 N–H and O–H groups in total. The van der Waals surface area contributed by atoms with Gasteiger partial charge in [-0.3, -0.25) is 0 Å². The van der Waals surface area contributed by atoms with Crippen LogP contribution in [0.15, 0.2) is 315 Å². The second-order valence-corrected chi connectivity index (χ2v) is 27.5. The molecule has 0 saturated heterocycles. The summed E-state index contributed by atoms with van der Waals surface area (Å²) in [4.78, 5) is 0. The Balaban J connectivity index is 1.14. The van der Waals surface area contributed by atoms with Crippen LogP contribution in [0.25, 0.3) is 66.1 Å². The van der Waals surface area contributed by atoms with Crippen LogP contribution in [-0.4, -0.2) is 25.3 Å². The molecule has 0 spiro atoms. The largest absolute Gasteiger partial charge is 0.309 e. The van der Waals surface area contributed by atoms with Crippen LogP contribution >= 0.6 is 0 Å². The van der Waals surface area contributed by atoms with Crippen LogP contribution < -0.4 is 41.5 Å². The maximum Gasteiger partial charge on any atom is 0.179 e. The summed E-state index contributed by atoms with van der Waals surface area (Å²) in [7, 11) is -6.27. The molecule has 0 unspecified atom stereocenters. The molecule has 358 valence electrons. The zero-order valence-corrected chi connectivity index (χ0v) is 43.9. The van der Waals surface area contributed by atoms with Crippen molar-refractivity contribution in [3.8, 4) is 22.5 Å². The van der Waals surface area contributed by atoms with Gasteiger partial charge >= 0.3 is 0 Å². The molecule has 2 nitrogen and oxygen atoms in total. The van der Waals surface area contributed by atoms with Crippen LogP contribution in [0.2, 0.25) is 0 Å². The van der Waals surface area contributed by atoms with Gasteiger partial charge in [-0.2, -0.15) is 0 Å². The van der Waals surface area contributed by atoms with Crippen LogP contribution in [0.3, 0.4) is 0 Å². The highest BCUT2D eigenvalue weighted by atomic mass is 28.3. The Labute approximate surface area is 445 Å². The number of nitrogens with zero attached hydrogens (tertiary/aromatic N) is 2. The fourth-order valence-corrected chi connectivity index (χ4v) is 22.7. The number of hydrogen-bond acceptors (Lipinski definition) is 0.